The SMILES string of the molecule is COc1ccc(C(C)(C)C)cc1NC(C)(C)C. The van der Waals surface area contributed by atoms with Gasteiger partial charge in [-0.05, 0) is 43.9 Å². The molecule has 0 atom stereocenters. The van der Waals surface area contributed by atoms with Gasteiger partial charge in [0.1, 0.15) is 5.75 Å². The van der Waals surface area contributed by atoms with Crippen LogP contribution in [-0.2, 0) is 5.41 Å². The largest absolute Gasteiger partial charge is 0.495 e. The second-order valence-electron chi connectivity index (χ2n) is 6.54. The van der Waals surface area contributed by atoms with Gasteiger partial charge in [0.2, 0.25) is 0 Å². The van der Waals surface area contributed by atoms with Crippen molar-refractivity contribution in [2.24, 2.45) is 0 Å². The Hall–Kier alpha value is -1.18. The Balaban J connectivity index is 3.16. The Morgan fingerprint density at radius 2 is 1.59 bits per heavy atom. The third-order valence-electron chi connectivity index (χ3n) is 2.58. The fourth-order valence-corrected chi connectivity index (χ4v) is 1.68. The van der Waals surface area contributed by atoms with E-state index in [1.807, 2.05) is 6.07 Å². The van der Waals surface area contributed by atoms with Crippen LogP contribution in [0.5, 0.6) is 5.75 Å². The van der Waals surface area contributed by atoms with Gasteiger partial charge in [0.25, 0.3) is 0 Å². The Bertz CT molecular complexity index is 383. The number of nitrogens with one attached hydrogen (secondary N) is 1. The molecule has 96 valence electrons. The zero-order chi connectivity index (χ0) is 13.3. The Labute approximate surface area is 105 Å². The van der Waals surface area contributed by atoms with Crippen molar-refractivity contribution in [1.29, 1.82) is 0 Å². The summed E-state index contributed by atoms with van der Waals surface area (Å²) < 4.78 is 5.40. The molecule has 0 fully saturated rings. The third kappa shape index (κ3) is 3.95. The van der Waals surface area contributed by atoms with Gasteiger partial charge in [-0.15, -0.1) is 0 Å². The number of hydrogen-bond donors (Lipinski definition) is 1. The Morgan fingerprint density at radius 3 is 2.00 bits per heavy atom. The highest BCUT2D eigenvalue weighted by Gasteiger charge is 2.18. The van der Waals surface area contributed by atoms with Crippen molar-refractivity contribution < 1.29 is 4.74 Å². The van der Waals surface area contributed by atoms with Crippen LogP contribution in [0.15, 0.2) is 18.2 Å². The van der Waals surface area contributed by atoms with E-state index in [1.54, 1.807) is 7.11 Å². The first-order valence-corrected chi connectivity index (χ1v) is 6.10. The number of rotatable bonds is 2. The van der Waals surface area contributed by atoms with E-state index >= 15 is 0 Å². The van der Waals surface area contributed by atoms with Crippen molar-refractivity contribution >= 4 is 5.69 Å². The van der Waals surface area contributed by atoms with E-state index < -0.39 is 0 Å². The summed E-state index contributed by atoms with van der Waals surface area (Å²) in [5.74, 6) is 0.896. The molecule has 0 unspecified atom stereocenters. The molecule has 1 N–H and O–H groups in total. The highest BCUT2D eigenvalue weighted by molar-refractivity contribution is 5.60. The summed E-state index contributed by atoms with van der Waals surface area (Å²) in [6, 6.07) is 6.35. The summed E-state index contributed by atoms with van der Waals surface area (Å²) in [7, 11) is 1.71. The molecule has 0 aliphatic heterocycles. The number of methoxy groups -OCH3 is 1. The van der Waals surface area contributed by atoms with Gasteiger partial charge in [-0.2, -0.15) is 0 Å². The first-order valence-electron chi connectivity index (χ1n) is 6.10. The van der Waals surface area contributed by atoms with Gasteiger partial charge in [0.05, 0.1) is 12.8 Å². The highest BCUT2D eigenvalue weighted by Crippen LogP contribution is 2.32. The molecule has 1 rings (SSSR count). The lowest BCUT2D eigenvalue weighted by molar-refractivity contribution is 0.414. The van der Waals surface area contributed by atoms with Gasteiger partial charge >= 0.3 is 0 Å². The second-order valence-corrected chi connectivity index (χ2v) is 6.54. The van der Waals surface area contributed by atoms with Crippen molar-refractivity contribution in [3.63, 3.8) is 0 Å². The molecule has 2 nitrogen and oxygen atoms in total. The molecule has 1 aromatic carbocycles. The van der Waals surface area contributed by atoms with Gasteiger partial charge in [0.15, 0.2) is 0 Å². The minimum atomic E-state index is 0.0315. The first kappa shape index (κ1) is 13.9. The van der Waals surface area contributed by atoms with Crippen LogP contribution in [-0.4, -0.2) is 12.6 Å². The standard InChI is InChI=1S/C15H25NO/c1-14(2,3)11-8-9-13(17-7)12(10-11)16-15(4,5)6/h8-10,16H,1-7H3. The predicted molar refractivity (Wildman–Crippen MR) is 75.1 cm³/mol. The zero-order valence-electron chi connectivity index (χ0n) is 12.1. The molecule has 0 spiro atoms. The topological polar surface area (TPSA) is 21.3 Å². The molecule has 2 heteroatoms. The lowest BCUT2D eigenvalue weighted by Gasteiger charge is -2.26. The lowest BCUT2D eigenvalue weighted by atomic mass is 9.86. The van der Waals surface area contributed by atoms with Crippen LogP contribution in [0.4, 0.5) is 5.69 Å². The van der Waals surface area contributed by atoms with Crippen LogP contribution in [0.3, 0.4) is 0 Å². The van der Waals surface area contributed by atoms with Crippen molar-refractivity contribution in [1.82, 2.24) is 0 Å². The molecular formula is C15H25NO. The molecule has 1 aromatic rings. The lowest BCUT2D eigenvalue weighted by Crippen LogP contribution is -2.26. The molecule has 0 saturated carbocycles. The minimum absolute atomic E-state index is 0.0315. The molecule has 0 saturated heterocycles. The minimum Gasteiger partial charge on any atom is -0.495 e. The number of anilines is 1. The van der Waals surface area contributed by atoms with Crippen LogP contribution >= 0.6 is 0 Å². The monoisotopic (exact) mass is 235 g/mol. The summed E-state index contributed by atoms with van der Waals surface area (Å²) in [4.78, 5) is 0. The Morgan fingerprint density at radius 1 is 1.00 bits per heavy atom. The predicted octanol–water partition coefficient (Wildman–Crippen LogP) is 4.20. The molecule has 0 radical (unpaired) electrons. The average molecular weight is 235 g/mol. The summed E-state index contributed by atoms with van der Waals surface area (Å²) in [5.41, 5.74) is 2.56. The normalized spacial score (nSPS) is 12.4. The van der Waals surface area contributed by atoms with Crippen molar-refractivity contribution in [3.05, 3.63) is 23.8 Å². The third-order valence-corrected chi connectivity index (χ3v) is 2.58. The zero-order valence-corrected chi connectivity index (χ0v) is 12.1. The maximum atomic E-state index is 5.40. The fourth-order valence-electron chi connectivity index (χ4n) is 1.68. The second kappa shape index (κ2) is 4.59. The molecular weight excluding hydrogens is 210 g/mol. The van der Waals surface area contributed by atoms with Crippen LogP contribution < -0.4 is 10.1 Å². The summed E-state index contributed by atoms with van der Waals surface area (Å²) >= 11 is 0. The van der Waals surface area contributed by atoms with Crippen LogP contribution in [0.2, 0.25) is 0 Å². The summed E-state index contributed by atoms with van der Waals surface area (Å²) in [6.45, 7) is 13.1. The van der Waals surface area contributed by atoms with Gasteiger partial charge in [-0.3, -0.25) is 0 Å². The van der Waals surface area contributed by atoms with E-state index in [1.165, 1.54) is 5.56 Å². The van der Waals surface area contributed by atoms with E-state index in [0.717, 1.165) is 11.4 Å². The van der Waals surface area contributed by atoms with Crippen LogP contribution in [0.1, 0.15) is 47.1 Å². The Kier molecular flexibility index (Phi) is 3.75. The van der Waals surface area contributed by atoms with Crippen LogP contribution in [0, 0.1) is 0 Å². The van der Waals surface area contributed by atoms with Gasteiger partial charge < -0.3 is 10.1 Å². The quantitative estimate of drug-likeness (QED) is 0.829. The molecule has 17 heavy (non-hydrogen) atoms. The fraction of sp³-hybridized carbons (Fsp3) is 0.600. The first-order chi connectivity index (χ1) is 7.63. The number of hydrogen-bond acceptors (Lipinski definition) is 2. The van der Waals surface area contributed by atoms with Gasteiger partial charge in [-0.25, -0.2) is 0 Å². The molecule has 0 amide bonds. The highest BCUT2D eigenvalue weighted by atomic mass is 16.5. The molecule has 0 aromatic heterocycles. The van der Waals surface area contributed by atoms with Crippen molar-refractivity contribution in [2.45, 2.75) is 52.5 Å². The van der Waals surface area contributed by atoms with E-state index in [9.17, 15) is 0 Å². The van der Waals surface area contributed by atoms with E-state index in [0.29, 0.717) is 0 Å². The molecule has 0 bridgehead atoms. The average Bonchev–Trinajstić information content (AvgIpc) is 2.13. The van der Waals surface area contributed by atoms with Crippen molar-refractivity contribution in [3.8, 4) is 5.75 Å². The summed E-state index contributed by atoms with van der Waals surface area (Å²) in [6.07, 6.45) is 0. The van der Waals surface area contributed by atoms with E-state index in [2.05, 4.69) is 59.0 Å². The van der Waals surface area contributed by atoms with Crippen LogP contribution in [0.25, 0.3) is 0 Å². The smallest absolute Gasteiger partial charge is 0.141 e. The molecule has 0 heterocycles. The molecule has 0 aliphatic carbocycles. The van der Waals surface area contributed by atoms with Gasteiger partial charge in [0, 0.05) is 5.54 Å². The van der Waals surface area contributed by atoms with E-state index in [4.69, 9.17) is 4.74 Å². The number of benzene rings is 1. The summed E-state index contributed by atoms with van der Waals surface area (Å²) in [5, 5.41) is 3.49. The maximum Gasteiger partial charge on any atom is 0.141 e. The molecule has 0 aliphatic rings. The van der Waals surface area contributed by atoms with Crippen molar-refractivity contribution in [2.75, 3.05) is 12.4 Å². The van der Waals surface area contributed by atoms with Gasteiger partial charge in [-0.1, -0.05) is 26.8 Å². The van der Waals surface area contributed by atoms with E-state index in [-0.39, 0.29) is 11.0 Å². The maximum absolute atomic E-state index is 5.40. The number of ether oxygens (including phenoxy) is 1.